The minimum absolute atomic E-state index is 0.328. The van der Waals surface area contributed by atoms with Gasteiger partial charge < -0.3 is 9.64 Å². The Bertz CT molecular complexity index is 217. The van der Waals surface area contributed by atoms with Gasteiger partial charge in [-0.1, -0.05) is 6.92 Å². The molecule has 18 heavy (non-hydrogen) atoms. The molecule has 1 fully saturated rings. The van der Waals surface area contributed by atoms with E-state index in [2.05, 4.69) is 44.5 Å². The molecule has 1 rings (SSSR count). The highest BCUT2D eigenvalue weighted by Gasteiger charge is 2.19. The van der Waals surface area contributed by atoms with Gasteiger partial charge >= 0.3 is 0 Å². The van der Waals surface area contributed by atoms with Crippen LogP contribution in [-0.4, -0.2) is 61.3 Å². The molecule has 1 heterocycles. The van der Waals surface area contributed by atoms with Gasteiger partial charge in [0.25, 0.3) is 0 Å². The Morgan fingerprint density at radius 2 is 1.78 bits per heavy atom. The Morgan fingerprint density at radius 1 is 1.17 bits per heavy atom. The van der Waals surface area contributed by atoms with E-state index < -0.39 is 0 Å². The van der Waals surface area contributed by atoms with E-state index in [-0.39, 0.29) is 0 Å². The maximum atomic E-state index is 6.00. The predicted molar refractivity (Wildman–Crippen MR) is 78.1 cm³/mol. The summed E-state index contributed by atoms with van der Waals surface area (Å²) in [5, 5.41) is 0. The summed E-state index contributed by atoms with van der Waals surface area (Å²) in [5.41, 5.74) is 0. The van der Waals surface area contributed by atoms with Crippen molar-refractivity contribution < 1.29 is 4.74 Å². The smallest absolute Gasteiger partial charge is 0.0674 e. The predicted octanol–water partition coefficient (Wildman–Crippen LogP) is 2.61. The Hall–Kier alpha value is -0.120. The van der Waals surface area contributed by atoms with Crippen molar-refractivity contribution in [3.8, 4) is 0 Å². The number of likely N-dealkylation sites (tertiary alicyclic amines) is 1. The fraction of sp³-hybridized carbons (Fsp3) is 1.00. The summed E-state index contributed by atoms with van der Waals surface area (Å²) in [6.45, 7) is 13.4. The standard InChI is InChI=1S/C15H32N2O/c1-6-13(2)16(5)11-15(4)18-12-14(3)17-9-7-8-10-17/h13-15H,6-12H2,1-5H3. The summed E-state index contributed by atoms with van der Waals surface area (Å²) in [6.07, 6.45) is 4.25. The van der Waals surface area contributed by atoms with Crippen molar-refractivity contribution in [2.24, 2.45) is 0 Å². The highest BCUT2D eigenvalue weighted by atomic mass is 16.5. The van der Waals surface area contributed by atoms with Crippen molar-refractivity contribution in [2.45, 2.75) is 65.1 Å². The highest BCUT2D eigenvalue weighted by molar-refractivity contribution is 4.73. The second-order valence-corrected chi connectivity index (χ2v) is 5.93. The average molecular weight is 256 g/mol. The molecule has 0 radical (unpaired) electrons. The van der Waals surface area contributed by atoms with Crippen molar-refractivity contribution in [2.75, 3.05) is 33.3 Å². The molecule has 0 spiro atoms. The molecular weight excluding hydrogens is 224 g/mol. The van der Waals surface area contributed by atoms with Crippen molar-refractivity contribution in [1.82, 2.24) is 9.80 Å². The lowest BCUT2D eigenvalue weighted by Crippen LogP contribution is -2.39. The molecule has 0 saturated carbocycles. The number of hydrogen-bond acceptors (Lipinski definition) is 3. The van der Waals surface area contributed by atoms with E-state index in [1.54, 1.807) is 0 Å². The van der Waals surface area contributed by atoms with Crippen molar-refractivity contribution >= 4 is 0 Å². The second kappa shape index (κ2) is 8.13. The van der Waals surface area contributed by atoms with Crippen LogP contribution in [0.15, 0.2) is 0 Å². The fourth-order valence-corrected chi connectivity index (χ4v) is 2.54. The summed E-state index contributed by atoms with van der Waals surface area (Å²) in [4.78, 5) is 4.94. The van der Waals surface area contributed by atoms with Gasteiger partial charge in [-0.15, -0.1) is 0 Å². The molecule has 1 aliphatic heterocycles. The summed E-state index contributed by atoms with van der Waals surface area (Å²) in [6, 6.07) is 1.22. The van der Waals surface area contributed by atoms with Crippen molar-refractivity contribution in [3.05, 3.63) is 0 Å². The molecule has 0 aliphatic carbocycles. The molecule has 1 saturated heterocycles. The number of ether oxygens (including phenoxy) is 1. The monoisotopic (exact) mass is 256 g/mol. The largest absolute Gasteiger partial charge is 0.376 e. The van der Waals surface area contributed by atoms with Gasteiger partial charge in [-0.2, -0.15) is 0 Å². The minimum atomic E-state index is 0.328. The molecule has 3 nitrogen and oxygen atoms in total. The Kier molecular flexibility index (Phi) is 7.20. The SMILES string of the molecule is CCC(C)N(C)CC(C)OCC(C)N1CCCC1. The van der Waals surface area contributed by atoms with Crippen LogP contribution in [0, 0.1) is 0 Å². The van der Waals surface area contributed by atoms with Gasteiger partial charge in [0.15, 0.2) is 0 Å². The van der Waals surface area contributed by atoms with Gasteiger partial charge in [-0.05, 0) is 60.2 Å². The molecular formula is C15H32N2O. The number of likely N-dealkylation sites (N-methyl/N-ethyl adjacent to an activating group) is 1. The molecule has 3 atom stereocenters. The van der Waals surface area contributed by atoms with Crippen LogP contribution in [0.5, 0.6) is 0 Å². The topological polar surface area (TPSA) is 15.7 Å². The lowest BCUT2D eigenvalue weighted by atomic mass is 10.2. The zero-order valence-corrected chi connectivity index (χ0v) is 13.0. The van der Waals surface area contributed by atoms with E-state index >= 15 is 0 Å². The normalized spacial score (nSPS) is 22.3. The Balaban J connectivity index is 2.17. The molecule has 0 amide bonds. The maximum absolute atomic E-state index is 6.00. The molecule has 0 aromatic heterocycles. The molecule has 0 bridgehead atoms. The van der Waals surface area contributed by atoms with Crippen LogP contribution in [0.4, 0.5) is 0 Å². The summed E-state index contributed by atoms with van der Waals surface area (Å²) >= 11 is 0. The summed E-state index contributed by atoms with van der Waals surface area (Å²) in [5.74, 6) is 0. The Morgan fingerprint density at radius 3 is 2.33 bits per heavy atom. The number of rotatable bonds is 8. The van der Waals surface area contributed by atoms with E-state index in [4.69, 9.17) is 4.74 Å². The third-order valence-electron chi connectivity index (χ3n) is 4.27. The van der Waals surface area contributed by atoms with Gasteiger partial charge in [0.1, 0.15) is 0 Å². The maximum Gasteiger partial charge on any atom is 0.0674 e. The van der Waals surface area contributed by atoms with Crippen LogP contribution < -0.4 is 0 Å². The van der Waals surface area contributed by atoms with E-state index in [9.17, 15) is 0 Å². The molecule has 0 N–H and O–H groups in total. The number of hydrogen-bond donors (Lipinski definition) is 0. The summed E-state index contributed by atoms with van der Waals surface area (Å²) in [7, 11) is 2.19. The molecule has 1 aliphatic rings. The van der Waals surface area contributed by atoms with Gasteiger partial charge in [0.2, 0.25) is 0 Å². The third-order valence-corrected chi connectivity index (χ3v) is 4.27. The summed E-state index contributed by atoms with van der Waals surface area (Å²) < 4.78 is 6.00. The van der Waals surface area contributed by atoms with E-state index in [1.165, 1.54) is 32.4 Å². The van der Waals surface area contributed by atoms with Gasteiger partial charge in [0.05, 0.1) is 12.7 Å². The molecule has 108 valence electrons. The first-order valence-corrected chi connectivity index (χ1v) is 7.60. The first-order valence-electron chi connectivity index (χ1n) is 7.60. The van der Waals surface area contributed by atoms with Crippen LogP contribution in [0.3, 0.4) is 0 Å². The first-order chi connectivity index (χ1) is 8.54. The number of nitrogens with zero attached hydrogens (tertiary/aromatic N) is 2. The quantitative estimate of drug-likeness (QED) is 0.664. The van der Waals surface area contributed by atoms with Crippen LogP contribution in [0.1, 0.15) is 47.0 Å². The van der Waals surface area contributed by atoms with Gasteiger partial charge in [-0.3, -0.25) is 4.90 Å². The molecule has 0 aromatic carbocycles. The van der Waals surface area contributed by atoms with E-state index in [1.807, 2.05) is 0 Å². The minimum Gasteiger partial charge on any atom is -0.376 e. The van der Waals surface area contributed by atoms with Crippen LogP contribution in [0.2, 0.25) is 0 Å². The highest BCUT2D eigenvalue weighted by Crippen LogP contribution is 2.12. The zero-order chi connectivity index (χ0) is 13.5. The van der Waals surface area contributed by atoms with Crippen molar-refractivity contribution in [1.29, 1.82) is 0 Å². The van der Waals surface area contributed by atoms with Crippen LogP contribution in [-0.2, 0) is 4.74 Å². The Labute approximate surface area is 113 Å². The fourth-order valence-electron chi connectivity index (χ4n) is 2.54. The third kappa shape index (κ3) is 5.25. The lowest BCUT2D eigenvalue weighted by Gasteiger charge is -2.29. The van der Waals surface area contributed by atoms with Gasteiger partial charge in [-0.25, -0.2) is 0 Å². The first kappa shape index (κ1) is 15.9. The van der Waals surface area contributed by atoms with E-state index in [0.717, 1.165) is 13.2 Å². The molecule has 0 aromatic rings. The van der Waals surface area contributed by atoms with Crippen LogP contribution in [0.25, 0.3) is 0 Å². The average Bonchev–Trinajstić information content (AvgIpc) is 2.88. The zero-order valence-electron chi connectivity index (χ0n) is 13.0. The van der Waals surface area contributed by atoms with Gasteiger partial charge in [0, 0.05) is 18.6 Å². The second-order valence-electron chi connectivity index (χ2n) is 5.93. The van der Waals surface area contributed by atoms with Crippen LogP contribution >= 0.6 is 0 Å². The molecule has 3 heteroatoms. The van der Waals surface area contributed by atoms with Crippen molar-refractivity contribution in [3.63, 3.8) is 0 Å². The lowest BCUT2D eigenvalue weighted by molar-refractivity contribution is 0.00707. The molecule has 3 unspecified atom stereocenters. The van der Waals surface area contributed by atoms with E-state index in [0.29, 0.717) is 18.2 Å².